The van der Waals surface area contributed by atoms with Crippen molar-refractivity contribution in [3.8, 4) is 11.5 Å². The molecule has 4 rings (SSSR count). The smallest absolute Gasteiger partial charge is 0.165 e. The number of aliphatic hydroxyl groups excluding tert-OH is 1. The molecule has 0 radical (unpaired) electrons. The third-order valence-electron chi connectivity index (χ3n) is 5.28. The maximum absolute atomic E-state index is 10.0. The van der Waals surface area contributed by atoms with E-state index in [4.69, 9.17) is 9.47 Å². The second-order valence-electron chi connectivity index (χ2n) is 6.25. The molecule has 3 aliphatic rings. The van der Waals surface area contributed by atoms with E-state index >= 15 is 0 Å². The van der Waals surface area contributed by atoms with Crippen LogP contribution in [0.5, 0.6) is 11.5 Å². The monoisotopic (exact) mass is 275 g/mol. The van der Waals surface area contributed by atoms with Crippen molar-refractivity contribution in [2.24, 2.45) is 0 Å². The fourth-order valence-corrected chi connectivity index (χ4v) is 4.29. The standard InChI is InChI=1S/C16H21NO3/c1-19-12-3-2-10-9-17-7-6-16-5-4-11(18)8-13(16)20-15(12)14(10)16/h2-3,11,13,17-18H,4-9H2,1H3/t11-,13-,16-/m0/s1. The maximum Gasteiger partial charge on any atom is 0.165 e. The first kappa shape index (κ1) is 12.5. The number of benzene rings is 1. The molecule has 2 N–H and O–H groups in total. The highest BCUT2D eigenvalue weighted by atomic mass is 16.5. The van der Waals surface area contributed by atoms with Gasteiger partial charge in [0, 0.05) is 23.9 Å². The molecule has 2 heterocycles. The van der Waals surface area contributed by atoms with Crippen molar-refractivity contribution in [3.05, 3.63) is 23.3 Å². The van der Waals surface area contributed by atoms with E-state index in [-0.39, 0.29) is 17.6 Å². The van der Waals surface area contributed by atoms with E-state index in [0.29, 0.717) is 0 Å². The SMILES string of the molecule is COc1ccc2c3c1O[C@H]1C[C@@H](O)CC[C@@]31CCNC2. The van der Waals surface area contributed by atoms with E-state index in [1.54, 1.807) is 7.11 Å². The van der Waals surface area contributed by atoms with E-state index in [9.17, 15) is 5.11 Å². The van der Waals surface area contributed by atoms with Gasteiger partial charge in [-0.3, -0.25) is 0 Å². The molecule has 0 amide bonds. The van der Waals surface area contributed by atoms with Gasteiger partial charge in [-0.05, 0) is 37.4 Å². The first-order valence-electron chi connectivity index (χ1n) is 7.50. The Morgan fingerprint density at radius 1 is 1.40 bits per heavy atom. The Balaban J connectivity index is 1.91. The van der Waals surface area contributed by atoms with E-state index in [0.717, 1.165) is 50.3 Å². The van der Waals surface area contributed by atoms with Gasteiger partial charge in [0.05, 0.1) is 13.2 Å². The van der Waals surface area contributed by atoms with Crippen LogP contribution in [0.1, 0.15) is 36.8 Å². The van der Waals surface area contributed by atoms with Crippen LogP contribution in [0.4, 0.5) is 0 Å². The molecule has 4 heteroatoms. The summed E-state index contributed by atoms with van der Waals surface area (Å²) in [6.45, 7) is 1.90. The van der Waals surface area contributed by atoms with Crippen molar-refractivity contribution in [1.29, 1.82) is 0 Å². The van der Waals surface area contributed by atoms with Gasteiger partial charge >= 0.3 is 0 Å². The van der Waals surface area contributed by atoms with Crippen LogP contribution in [-0.4, -0.2) is 31.0 Å². The molecular formula is C16H21NO3. The van der Waals surface area contributed by atoms with Crippen molar-refractivity contribution in [3.63, 3.8) is 0 Å². The van der Waals surface area contributed by atoms with Crippen LogP contribution in [0.25, 0.3) is 0 Å². The molecule has 1 aliphatic carbocycles. The molecule has 20 heavy (non-hydrogen) atoms. The van der Waals surface area contributed by atoms with Crippen LogP contribution >= 0.6 is 0 Å². The third-order valence-corrected chi connectivity index (χ3v) is 5.28. The van der Waals surface area contributed by atoms with Crippen molar-refractivity contribution >= 4 is 0 Å². The third kappa shape index (κ3) is 1.55. The molecule has 1 aromatic rings. The van der Waals surface area contributed by atoms with Crippen LogP contribution in [0, 0.1) is 0 Å². The summed E-state index contributed by atoms with van der Waals surface area (Å²) in [5.41, 5.74) is 2.75. The molecule has 2 aliphatic heterocycles. The molecule has 108 valence electrons. The van der Waals surface area contributed by atoms with Gasteiger partial charge in [-0.2, -0.15) is 0 Å². The number of ether oxygens (including phenoxy) is 2. The second kappa shape index (κ2) is 4.37. The van der Waals surface area contributed by atoms with Gasteiger partial charge in [-0.25, -0.2) is 0 Å². The van der Waals surface area contributed by atoms with Crippen molar-refractivity contribution in [2.75, 3.05) is 13.7 Å². The number of aliphatic hydroxyl groups is 1. The highest BCUT2D eigenvalue weighted by molar-refractivity contribution is 5.58. The lowest BCUT2D eigenvalue weighted by molar-refractivity contribution is 0.0142. The van der Waals surface area contributed by atoms with Crippen molar-refractivity contribution in [1.82, 2.24) is 5.32 Å². The minimum atomic E-state index is -0.231. The first-order valence-corrected chi connectivity index (χ1v) is 7.50. The Bertz CT molecular complexity index is 545. The molecule has 3 atom stereocenters. The normalized spacial score (nSPS) is 34.7. The molecular weight excluding hydrogens is 254 g/mol. The zero-order valence-corrected chi connectivity index (χ0v) is 11.8. The number of hydrogen-bond acceptors (Lipinski definition) is 4. The van der Waals surface area contributed by atoms with E-state index in [1.165, 1.54) is 11.1 Å². The predicted octanol–water partition coefficient (Wildman–Crippen LogP) is 1.73. The second-order valence-corrected chi connectivity index (χ2v) is 6.25. The Morgan fingerprint density at radius 3 is 3.15 bits per heavy atom. The molecule has 1 saturated carbocycles. The summed E-state index contributed by atoms with van der Waals surface area (Å²) in [6, 6.07) is 4.16. The molecule has 1 spiro atoms. The summed E-state index contributed by atoms with van der Waals surface area (Å²) in [5.74, 6) is 1.75. The predicted molar refractivity (Wildman–Crippen MR) is 75.3 cm³/mol. The van der Waals surface area contributed by atoms with Crippen molar-refractivity contribution in [2.45, 2.75) is 49.9 Å². The average Bonchev–Trinajstić information content (AvgIpc) is 2.66. The summed E-state index contributed by atoms with van der Waals surface area (Å²) >= 11 is 0. The molecule has 0 unspecified atom stereocenters. The number of nitrogens with one attached hydrogen (secondary N) is 1. The molecule has 0 saturated heterocycles. The highest BCUT2D eigenvalue weighted by Crippen LogP contribution is 2.56. The zero-order valence-electron chi connectivity index (χ0n) is 11.8. The van der Waals surface area contributed by atoms with Gasteiger partial charge in [0.2, 0.25) is 0 Å². The van der Waals surface area contributed by atoms with E-state index < -0.39 is 0 Å². The molecule has 0 aromatic heterocycles. The van der Waals surface area contributed by atoms with Gasteiger partial charge in [-0.1, -0.05) is 6.07 Å². The van der Waals surface area contributed by atoms with Gasteiger partial charge < -0.3 is 19.9 Å². The largest absolute Gasteiger partial charge is 0.493 e. The maximum atomic E-state index is 10.0. The average molecular weight is 275 g/mol. The molecule has 0 bridgehead atoms. The van der Waals surface area contributed by atoms with E-state index in [1.807, 2.05) is 6.07 Å². The lowest BCUT2D eigenvalue weighted by atomic mass is 9.65. The minimum Gasteiger partial charge on any atom is -0.493 e. The lowest BCUT2D eigenvalue weighted by Crippen LogP contribution is -2.45. The molecule has 1 aromatic carbocycles. The van der Waals surface area contributed by atoms with Gasteiger partial charge in [0.1, 0.15) is 6.10 Å². The van der Waals surface area contributed by atoms with Crippen LogP contribution in [0.2, 0.25) is 0 Å². The van der Waals surface area contributed by atoms with Crippen LogP contribution < -0.4 is 14.8 Å². The van der Waals surface area contributed by atoms with Crippen LogP contribution in [-0.2, 0) is 12.0 Å². The van der Waals surface area contributed by atoms with Crippen LogP contribution in [0.15, 0.2) is 12.1 Å². The first-order chi connectivity index (χ1) is 9.74. The number of hydrogen-bond donors (Lipinski definition) is 2. The number of rotatable bonds is 1. The Labute approximate surface area is 119 Å². The number of methoxy groups -OCH3 is 1. The fourth-order valence-electron chi connectivity index (χ4n) is 4.29. The summed E-state index contributed by atoms with van der Waals surface area (Å²) in [7, 11) is 1.69. The Kier molecular flexibility index (Phi) is 2.72. The lowest BCUT2D eigenvalue weighted by Gasteiger charge is -2.39. The van der Waals surface area contributed by atoms with Gasteiger partial charge in [0.15, 0.2) is 11.5 Å². The summed E-state index contributed by atoms with van der Waals surface area (Å²) < 4.78 is 11.8. The summed E-state index contributed by atoms with van der Waals surface area (Å²) in [5, 5.41) is 13.5. The van der Waals surface area contributed by atoms with Gasteiger partial charge in [0.25, 0.3) is 0 Å². The van der Waals surface area contributed by atoms with Crippen molar-refractivity contribution < 1.29 is 14.6 Å². The van der Waals surface area contributed by atoms with E-state index in [2.05, 4.69) is 11.4 Å². The van der Waals surface area contributed by atoms with Crippen LogP contribution in [0.3, 0.4) is 0 Å². The fraction of sp³-hybridized carbons (Fsp3) is 0.625. The summed E-state index contributed by atoms with van der Waals surface area (Å²) in [4.78, 5) is 0. The summed E-state index contributed by atoms with van der Waals surface area (Å²) in [6.07, 6.45) is 3.56. The molecule has 4 nitrogen and oxygen atoms in total. The zero-order chi connectivity index (χ0) is 13.7. The Hall–Kier alpha value is -1.26. The van der Waals surface area contributed by atoms with Gasteiger partial charge in [-0.15, -0.1) is 0 Å². The molecule has 1 fully saturated rings. The Morgan fingerprint density at radius 2 is 2.30 bits per heavy atom. The highest BCUT2D eigenvalue weighted by Gasteiger charge is 2.53. The quantitative estimate of drug-likeness (QED) is 0.819. The topological polar surface area (TPSA) is 50.7 Å². The minimum absolute atomic E-state index is 0.0714.